The van der Waals surface area contributed by atoms with Crippen LogP contribution in [0.3, 0.4) is 0 Å². The highest BCUT2D eigenvalue weighted by Crippen LogP contribution is 2.31. The molecule has 3 aromatic carbocycles. The number of hydrogen-bond donors (Lipinski definition) is 2. The summed E-state index contributed by atoms with van der Waals surface area (Å²) in [5.41, 5.74) is 7.00. The van der Waals surface area contributed by atoms with E-state index in [4.69, 9.17) is 4.74 Å². The number of benzene rings is 3. The van der Waals surface area contributed by atoms with Gasteiger partial charge in [-0.05, 0) is 61.2 Å². The molecule has 9 nitrogen and oxygen atoms in total. The number of thioether (sulfide) groups is 1. The van der Waals surface area contributed by atoms with Crippen molar-refractivity contribution in [3.63, 3.8) is 0 Å². The third kappa shape index (κ3) is 7.30. The molecule has 1 amide bonds. The molecule has 220 valence electrons. The molecule has 0 aliphatic carbocycles. The lowest BCUT2D eigenvalue weighted by Crippen LogP contribution is -2.21. The zero-order valence-corrected chi connectivity index (χ0v) is 25.8. The summed E-state index contributed by atoms with van der Waals surface area (Å²) >= 11 is 1.26. The molecule has 0 atom stereocenters. The zero-order valence-electron chi connectivity index (χ0n) is 25.0. The quantitative estimate of drug-likeness (QED) is 0.126. The molecular formula is C32H38N6O3S. The first-order chi connectivity index (χ1) is 20.1. The summed E-state index contributed by atoms with van der Waals surface area (Å²) in [6.45, 7) is 12.3. The van der Waals surface area contributed by atoms with Gasteiger partial charge in [0.2, 0.25) is 0 Å². The maximum atomic E-state index is 12.7. The standard InChI is InChI=1S/C32H38N6O3S/c1-7-37(8-2)26-14-11-23(28(39)19-26)20-33-34-29(40)21-42-31-36-35-30(22-9-12-24(13-10-22)32(3,4)5)38(31)25-15-17-27(41-6)18-16-25/h9-20,39H,7-8,21H2,1-6H3,(H,34,40)/b33-20-. The topological polar surface area (TPSA) is 105 Å². The molecule has 10 heteroatoms. The third-order valence-corrected chi connectivity index (χ3v) is 7.77. The highest BCUT2D eigenvalue weighted by Gasteiger charge is 2.19. The van der Waals surface area contributed by atoms with Crippen LogP contribution in [-0.4, -0.2) is 57.9 Å². The smallest absolute Gasteiger partial charge is 0.250 e. The van der Waals surface area contributed by atoms with E-state index >= 15 is 0 Å². The Labute approximate surface area is 251 Å². The number of anilines is 1. The van der Waals surface area contributed by atoms with Crippen LogP contribution < -0.4 is 15.1 Å². The minimum atomic E-state index is -0.309. The van der Waals surface area contributed by atoms with E-state index in [-0.39, 0.29) is 22.8 Å². The first-order valence-electron chi connectivity index (χ1n) is 13.9. The van der Waals surface area contributed by atoms with Gasteiger partial charge in [0.05, 0.1) is 19.1 Å². The van der Waals surface area contributed by atoms with E-state index in [9.17, 15) is 9.90 Å². The Morgan fingerprint density at radius 2 is 1.74 bits per heavy atom. The average Bonchev–Trinajstić information content (AvgIpc) is 3.41. The number of hydrogen-bond acceptors (Lipinski definition) is 8. The molecule has 0 aliphatic heterocycles. The lowest BCUT2D eigenvalue weighted by Gasteiger charge is -2.21. The van der Waals surface area contributed by atoms with E-state index in [2.05, 4.69) is 72.4 Å². The second-order valence-corrected chi connectivity index (χ2v) is 11.6. The fourth-order valence-electron chi connectivity index (χ4n) is 4.40. The maximum Gasteiger partial charge on any atom is 0.250 e. The largest absolute Gasteiger partial charge is 0.507 e. The van der Waals surface area contributed by atoms with Crippen molar-refractivity contribution < 1.29 is 14.6 Å². The first kappa shape index (κ1) is 30.6. The van der Waals surface area contributed by atoms with Crippen LogP contribution in [-0.2, 0) is 10.2 Å². The van der Waals surface area contributed by atoms with Crippen molar-refractivity contribution >= 4 is 29.6 Å². The molecular weight excluding hydrogens is 548 g/mol. The van der Waals surface area contributed by atoms with Crippen LogP contribution in [0.4, 0.5) is 5.69 Å². The number of hydrazone groups is 1. The predicted octanol–water partition coefficient (Wildman–Crippen LogP) is 6.03. The molecule has 0 radical (unpaired) electrons. The molecule has 0 fully saturated rings. The summed E-state index contributed by atoms with van der Waals surface area (Å²) in [6, 6.07) is 21.3. The second kappa shape index (κ2) is 13.6. The van der Waals surface area contributed by atoms with Crippen molar-refractivity contribution in [3.8, 4) is 28.6 Å². The number of aromatic hydroxyl groups is 1. The number of ether oxygens (including phenoxy) is 1. The Morgan fingerprint density at radius 3 is 2.33 bits per heavy atom. The van der Waals surface area contributed by atoms with Gasteiger partial charge in [0.25, 0.3) is 5.91 Å². The van der Waals surface area contributed by atoms with Crippen molar-refractivity contribution in [1.29, 1.82) is 0 Å². The number of amides is 1. The number of methoxy groups -OCH3 is 1. The molecule has 4 aromatic rings. The summed E-state index contributed by atoms with van der Waals surface area (Å²) in [5, 5.41) is 23.9. The minimum absolute atomic E-state index is 0.0343. The van der Waals surface area contributed by atoms with Gasteiger partial charge in [0.1, 0.15) is 11.5 Å². The fraction of sp³-hybridized carbons (Fsp3) is 0.312. The number of phenols is 1. The van der Waals surface area contributed by atoms with Crippen LogP contribution in [0.15, 0.2) is 77.0 Å². The Kier molecular flexibility index (Phi) is 9.90. The SMILES string of the molecule is CCN(CC)c1ccc(/C=N\NC(=O)CSc2nnc(-c3ccc(C(C)(C)C)cc3)n2-c2ccc(OC)cc2)c(O)c1. The Morgan fingerprint density at radius 1 is 1.05 bits per heavy atom. The lowest BCUT2D eigenvalue weighted by atomic mass is 9.87. The highest BCUT2D eigenvalue weighted by molar-refractivity contribution is 7.99. The summed E-state index contributed by atoms with van der Waals surface area (Å²) < 4.78 is 7.26. The monoisotopic (exact) mass is 586 g/mol. The number of carbonyl (C=O) groups is 1. The molecule has 0 saturated heterocycles. The third-order valence-electron chi connectivity index (χ3n) is 6.84. The Hall–Kier alpha value is -4.31. The molecule has 1 aromatic heterocycles. The van der Waals surface area contributed by atoms with Crippen molar-refractivity contribution in [3.05, 3.63) is 77.9 Å². The van der Waals surface area contributed by atoms with Crippen molar-refractivity contribution in [2.45, 2.75) is 45.2 Å². The van der Waals surface area contributed by atoms with E-state index in [1.54, 1.807) is 19.2 Å². The van der Waals surface area contributed by atoms with E-state index < -0.39 is 0 Å². The van der Waals surface area contributed by atoms with Gasteiger partial charge in [0, 0.05) is 41.7 Å². The van der Waals surface area contributed by atoms with Gasteiger partial charge in [-0.2, -0.15) is 5.10 Å². The van der Waals surface area contributed by atoms with E-state index in [0.717, 1.165) is 35.8 Å². The maximum absolute atomic E-state index is 12.7. The molecule has 2 N–H and O–H groups in total. The Bertz CT molecular complexity index is 1520. The van der Waals surface area contributed by atoms with E-state index in [1.165, 1.54) is 23.5 Å². The zero-order chi connectivity index (χ0) is 30.3. The average molecular weight is 587 g/mol. The van der Waals surface area contributed by atoms with Crippen LogP contribution in [0.2, 0.25) is 0 Å². The normalized spacial score (nSPS) is 11.6. The van der Waals surface area contributed by atoms with Crippen molar-refractivity contribution in [1.82, 2.24) is 20.2 Å². The van der Waals surface area contributed by atoms with Crippen molar-refractivity contribution in [2.75, 3.05) is 30.9 Å². The number of aromatic nitrogens is 3. The van der Waals surface area contributed by atoms with Gasteiger partial charge in [-0.15, -0.1) is 10.2 Å². The number of nitrogens with zero attached hydrogens (tertiary/aromatic N) is 5. The predicted molar refractivity (Wildman–Crippen MR) is 170 cm³/mol. The van der Waals surface area contributed by atoms with Gasteiger partial charge < -0.3 is 14.7 Å². The molecule has 4 rings (SSSR count). The van der Waals surface area contributed by atoms with Crippen LogP contribution in [0.25, 0.3) is 17.1 Å². The van der Waals surface area contributed by atoms with Crippen molar-refractivity contribution in [2.24, 2.45) is 5.10 Å². The summed E-state index contributed by atoms with van der Waals surface area (Å²) in [6.07, 6.45) is 1.43. The van der Waals surface area contributed by atoms with Gasteiger partial charge in [0.15, 0.2) is 11.0 Å². The summed E-state index contributed by atoms with van der Waals surface area (Å²) in [5.74, 6) is 1.27. The number of rotatable bonds is 11. The van der Waals surface area contributed by atoms with Crippen LogP contribution in [0, 0.1) is 0 Å². The van der Waals surface area contributed by atoms with Gasteiger partial charge >= 0.3 is 0 Å². The molecule has 0 bridgehead atoms. The van der Waals surface area contributed by atoms with Gasteiger partial charge in [-0.3, -0.25) is 9.36 Å². The molecule has 0 saturated carbocycles. The summed E-state index contributed by atoms with van der Waals surface area (Å²) in [4.78, 5) is 14.8. The van der Waals surface area contributed by atoms with E-state index in [1.807, 2.05) is 47.0 Å². The van der Waals surface area contributed by atoms with Gasteiger partial charge in [-0.1, -0.05) is 56.8 Å². The summed E-state index contributed by atoms with van der Waals surface area (Å²) in [7, 11) is 1.63. The molecule has 0 aliphatic rings. The van der Waals surface area contributed by atoms with E-state index in [0.29, 0.717) is 16.5 Å². The molecule has 42 heavy (non-hydrogen) atoms. The first-order valence-corrected chi connectivity index (χ1v) is 14.9. The second-order valence-electron chi connectivity index (χ2n) is 10.7. The number of nitrogens with one attached hydrogen (secondary N) is 1. The number of phenolic OH excluding ortho intramolecular Hbond substituents is 1. The molecule has 0 unspecified atom stereocenters. The van der Waals surface area contributed by atoms with Crippen LogP contribution in [0.1, 0.15) is 45.7 Å². The van der Waals surface area contributed by atoms with Gasteiger partial charge in [-0.25, -0.2) is 5.43 Å². The fourth-order valence-corrected chi connectivity index (χ4v) is 5.14. The minimum Gasteiger partial charge on any atom is -0.507 e. The van der Waals surface area contributed by atoms with Crippen LogP contribution in [0.5, 0.6) is 11.5 Å². The van der Waals surface area contributed by atoms with Crippen LogP contribution >= 0.6 is 11.8 Å². The highest BCUT2D eigenvalue weighted by atomic mass is 32.2. The number of carbonyl (C=O) groups excluding carboxylic acids is 1. The molecule has 0 spiro atoms. The Balaban J connectivity index is 1.50. The lowest BCUT2D eigenvalue weighted by molar-refractivity contribution is -0.118. The molecule has 1 heterocycles.